The third kappa shape index (κ3) is 2.51. The number of H-pyrrole nitrogens is 1. The van der Waals surface area contributed by atoms with Gasteiger partial charge in [0.15, 0.2) is 0 Å². The van der Waals surface area contributed by atoms with E-state index < -0.39 is 0 Å². The standard InChI is InChI=1S/C20H22N4O/c25-19-15-6-2-1-5-14(15)13-18(19)23-9-11-24(12-10-23)20-21-16-7-3-4-8-17(16)22-20/h1-8,18-19,25H,9-13H2,(H,21,22). The molecule has 0 radical (unpaired) electrons. The van der Waals surface area contributed by atoms with Gasteiger partial charge in [-0.2, -0.15) is 0 Å². The van der Waals surface area contributed by atoms with Gasteiger partial charge in [-0.3, -0.25) is 4.90 Å². The maximum atomic E-state index is 10.7. The van der Waals surface area contributed by atoms with Gasteiger partial charge >= 0.3 is 0 Å². The smallest absolute Gasteiger partial charge is 0.203 e. The Balaban J connectivity index is 1.29. The highest BCUT2D eigenvalue weighted by Gasteiger charge is 2.36. The van der Waals surface area contributed by atoms with Gasteiger partial charge < -0.3 is 15.0 Å². The summed E-state index contributed by atoms with van der Waals surface area (Å²) in [5.74, 6) is 0.955. The van der Waals surface area contributed by atoms with Crippen LogP contribution in [0, 0.1) is 0 Å². The number of hydrogen-bond donors (Lipinski definition) is 2. The molecule has 1 fully saturated rings. The van der Waals surface area contributed by atoms with Crippen LogP contribution in [0.3, 0.4) is 0 Å². The minimum Gasteiger partial charge on any atom is -0.387 e. The molecule has 1 aliphatic carbocycles. The predicted molar refractivity (Wildman–Crippen MR) is 98.8 cm³/mol. The molecule has 0 saturated carbocycles. The van der Waals surface area contributed by atoms with Crippen molar-refractivity contribution in [2.24, 2.45) is 0 Å². The van der Waals surface area contributed by atoms with Gasteiger partial charge in [0.2, 0.25) is 5.95 Å². The molecule has 1 saturated heterocycles. The van der Waals surface area contributed by atoms with Crippen molar-refractivity contribution in [2.45, 2.75) is 18.6 Å². The molecule has 2 aliphatic rings. The Bertz CT molecular complexity index is 864. The molecule has 25 heavy (non-hydrogen) atoms. The first-order valence-electron chi connectivity index (χ1n) is 8.99. The Morgan fingerprint density at radius 1 is 0.960 bits per heavy atom. The first kappa shape index (κ1) is 14.9. The molecule has 2 aromatic carbocycles. The lowest BCUT2D eigenvalue weighted by atomic mass is 10.1. The number of aliphatic hydroxyl groups excluding tert-OH is 1. The maximum absolute atomic E-state index is 10.7. The Morgan fingerprint density at radius 2 is 1.72 bits per heavy atom. The molecule has 5 nitrogen and oxygen atoms in total. The molecule has 1 aromatic heterocycles. The predicted octanol–water partition coefficient (Wildman–Crippen LogP) is 2.34. The second kappa shape index (κ2) is 5.86. The lowest BCUT2D eigenvalue weighted by Gasteiger charge is -2.39. The van der Waals surface area contributed by atoms with Crippen molar-refractivity contribution in [2.75, 3.05) is 31.1 Å². The third-order valence-corrected chi connectivity index (χ3v) is 5.63. The molecular weight excluding hydrogens is 312 g/mol. The summed E-state index contributed by atoms with van der Waals surface area (Å²) in [6, 6.07) is 16.6. The van der Waals surface area contributed by atoms with Crippen molar-refractivity contribution >= 4 is 17.0 Å². The summed E-state index contributed by atoms with van der Waals surface area (Å²) >= 11 is 0. The van der Waals surface area contributed by atoms with Gasteiger partial charge in [-0.1, -0.05) is 36.4 Å². The van der Waals surface area contributed by atoms with E-state index in [1.54, 1.807) is 0 Å². The van der Waals surface area contributed by atoms with Crippen molar-refractivity contribution in [1.82, 2.24) is 14.9 Å². The molecule has 128 valence electrons. The number of nitrogens with zero attached hydrogens (tertiary/aromatic N) is 3. The Morgan fingerprint density at radius 3 is 2.52 bits per heavy atom. The number of benzene rings is 2. The topological polar surface area (TPSA) is 55.4 Å². The van der Waals surface area contributed by atoms with Crippen molar-refractivity contribution in [3.8, 4) is 0 Å². The van der Waals surface area contributed by atoms with Crippen LogP contribution in [-0.2, 0) is 6.42 Å². The number of rotatable bonds is 2. The molecule has 3 aromatic rings. The Kier molecular flexibility index (Phi) is 3.50. The van der Waals surface area contributed by atoms with Crippen LogP contribution in [0.4, 0.5) is 5.95 Å². The molecule has 2 N–H and O–H groups in total. The zero-order chi connectivity index (χ0) is 16.8. The summed E-state index contributed by atoms with van der Waals surface area (Å²) in [5, 5.41) is 10.7. The van der Waals surface area contributed by atoms with Crippen molar-refractivity contribution in [3.05, 3.63) is 59.7 Å². The Labute approximate surface area is 146 Å². The molecule has 2 atom stereocenters. The number of imidazole rings is 1. The molecule has 0 spiro atoms. The number of hydrogen-bond acceptors (Lipinski definition) is 4. The van der Waals surface area contributed by atoms with E-state index in [0.717, 1.165) is 55.1 Å². The fourth-order valence-corrected chi connectivity index (χ4v) is 4.24. The van der Waals surface area contributed by atoms with E-state index >= 15 is 0 Å². The molecule has 0 amide bonds. The van der Waals surface area contributed by atoms with Crippen molar-refractivity contribution in [3.63, 3.8) is 0 Å². The van der Waals surface area contributed by atoms with Crippen LogP contribution in [-0.4, -0.2) is 52.2 Å². The van der Waals surface area contributed by atoms with Crippen molar-refractivity contribution < 1.29 is 5.11 Å². The summed E-state index contributed by atoms with van der Waals surface area (Å²) in [6.07, 6.45) is 0.580. The average Bonchev–Trinajstić information content (AvgIpc) is 3.24. The zero-order valence-electron chi connectivity index (χ0n) is 14.1. The number of aliphatic hydroxyl groups is 1. The van der Waals surface area contributed by atoms with Gasteiger partial charge in [0.1, 0.15) is 0 Å². The lowest BCUT2D eigenvalue weighted by molar-refractivity contribution is 0.0571. The molecule has 2 unspecified atom stereocenters. The fraction of sp³-hybridized carbons (Fsp3) is 0.350. The second-order valence-electron chi connectivity index (χ2n) is 7.02. The van der Waals surface area contributed by atoms with Gasteiger partial charge in [-0.15, -0.1) is 0 Å². The van der Waals surface area contributed by atoms with Gasteiger partial charge in [0.25, 0.3) is 0 Å². The second-order valence-corrected chi connectivity index (χ2v) is 7.02. The maximum Gasteiger partial charge on any atom is 0.203 e. The SMILES string of the molecule is OC1c2ccccc2CC1N1CCN(c2nc3ccccc3[nH]2)CC1. The number of fused-ring (bicyclic) bond motifs is 2. The van der Waals surface area contributed by atoms with Crippen LogP contribution >= 0.6 is 0 Å². The Hall–Kier alpha value is -2.37. The molecule has 5 rings (SSSR count). The molecular formula is C20H22N4O. The quantitative estimate of drug-likeness (QED) is 0.755. The molecule has 0 bridgehead atoms. The van der Waals surface area contributed by atoms with E-state index in [1.807, 2.05) is 24.3 Å². The monoisotopic (exact) mass is 334 g/mol. The van der Waals surface area contributed by atoms with Crippen LogP contribution in [0.25, 0.3) is 11.0 Å². The van der Waals surface area contributed by atoms with E-state index in [2.05, 4.69) is 39.0 Å². The third-order valence-electron chi connectivity index (χ3n) is 5.63. The first-order chi connectivity index (χ1) is 12.3. The lowest BCUT2D eigenvalue weighted by Crippen LogP contribution is -2.51. The van der Waals surface area contributed by atoms with E-state index in [9.17, 15) is 5.11 Å². The fourth-order valence-electron chi connectivity index (χ4n) is 4.24. The minimum atomic E-state index is -0.367. The van der Waals surface area contributed by atoms with Crippen LogP contribution in [0.15, 0.2) is 48.5 Å². The molecule has 5 heteroatoms. The van der Waals surface area contributed by atoms with Gasteiger partial charge in [0.05, 0.1) is 17.1 Å². The van der Waals surface area contributed by atoms with Gasteiger partial charge in [-0.05, 0) is 29.7 Å². The van der Waals surface area contributed by atoms with Gasteiger partial charge in [0, 0.05) is 32.2 Å². The summed E-state index contributed by atoms with van der Waals surface area (Å²) < 4.78 is 0. The van der Waals surface area contributed by atoms with E-state index in [4.69, 9.17) is 4.98 Å². The first-order valence-corrected chi connectivity index (χ1v) is 8.99. The highest BCUT2D eigenvalue weighted by molar-refractivity contribution is 5.77. The van der Waals surface area contributed by atoms with Crippen LogP contribution < -0.4 is 4.90 Å². The summed E-state index contributed by atoms with van der Waals surface area (Å²) in [6.45, 7) is 3.76. The summed E-state index contributed by atoms with van der Waals surface area (Å²) in [5.41, 5.74) is 4.50. The largest absolute Gasteiger partial charge is 0.387 e. The molecule has 2 heterocycles. The number of anilines is 1. The number of aromatic nitrogens is 2. The van der Waals surface area contributed by atoms with E-state index in [-0.39, 0.29) is 12.1 Å². The number of aromatic amines is 1. The molecule has 1 aliphatic heterocycles. The number of nitrogens with one attached hydrogen (secondary N) is 1. The highest BCUT2D eigenvalue weighted by atomic mass is 16.3. The summed E-state index contributed by atoms with van der Waals surface area (Å²) in [7, 11) is 0. The average molecular weight is 334 g/mol. The number of piperazine rings is 1. The van der Waals surface area contributed by atoms with Crippen LogP contribution in [0.5, 0.6) is 0 Å². The number of para-hydroxylation sites is 2. The summed E-state index contributed by atoms with van der Waals surface area (Å²) in [4.78, 5) is 12.9. The zero-order valence-corrected chi connectivity index (χ0v) is 14.1. The van der Waals surface area contributed by atoms with E-state index in [1.165, 1.54) is 5.56 Å². The van der Waals surface area contributed by atoms with Gasteiger partial charge in [-0.25, -0.2) is 4.98 Å². The van der Waals surface area contributed by atoms with Crippen LogP contribution in [0.1, 0.15) is 17.2 Å². The van der Waals surface area contributed by atoms with Crippen LogP contribution in [0.2, 0.25) is 0 Å². The van der Waals surface area contributed by atoms with Crippen molar-refractivity contribution in [1.29, 1.82) is 0 Å². The minimum absolute atomic E-state index is 0.204. The van der Waals surface area contributed by atoms with E-state index in [0.29, 0.717) is 0 Å². The normalized spacial score (nSPS) is 24.0. The highest BCUT2D eigenvalue weighted by Crippen LogP contribution is 2.34.